The number of hydrogen-bond donors (Lipinski definition) is 0. The average Bonchev–Trinajstić information content (AvgIpc) is 1.97. The first-order valence-corrected chi connectivity index (χ1v) is 3.98. The molecule has 0 aliphatic rings. The zero-order valence-electron chi connectivity index (χ0n) is 7.76. The largest absolute Gasteiger partial charge is 1.00 e. The highest BCUT2D eigenvalue weighted by Crippen LogP contribution is 1.96. The molecule has 0 saturated carbocycles. The third kappa shape index (κ3) is 1.84. The summed E-state index contributed by atoms with van der Waals surface area (Å²) in [6, 6.07) is 2.12. The van der Waals surface area contributed by atoms with E-state index < -0.39 is 0 Å². The molecule has 0 aliphatic heterocycles. The van der Waals surface area contributed by atoms with Crippen molar-refractivity contribution in [2.75, 3.05) is 0 Å². The zero-order valence-corrected chi connectivity index (χ0v) is 9.33. The Morgan fingerprint density at radius 2 is 1.92 bits per heavy atom. The van der Waals surface area contributed by atoms with Crippen molar-refractivity contribution < 1.29 is 17.0 Å². The Balaban J connectivity index is 0.00000121. The van der Waals surface area contributed by atoms with Crippen LogP contribution in [0.2, 0.25) is 0 Å². The minimum absolute atomic E-state index is 0. The number of aryl methyl sites for hydroxylation is 2. The second kappa shape index (κ2) is 4.01. The van der Waals surface area contributed by atoms with E-state index in [2.05, 4.69) is 19.9 Å². The summed E-state index contributed by atoms with van der Waals surface area (Å²) in [5, 5.41) is 0. The van der Waals surface area contributed by atoms with Crippen LogP contribution in [0.25, 0.3) is 0 Å². The van der Waals surface area contributed by atoms with Crippen molar-refractivity contribution in [3.8, 4) is 0 Å². The van der Waals surface area contributed by atoms with Crippen molar-refractivity contribution in [1.29, 1.82) is 0 Å². The van der Waals surface area contributed by atoms with Gasteiger partial charge in [-0.25, -0.2) is 9.13 Å². The van der Waals surface area contributed by atoms with Gasteiger partial charge in [0, 0.05) is 18.3 Å². The molecule has 4 heteroatoms. The van der Waals surface area contributed by atoms with Gasteiger partial charge >= 0.3 is 4.77 Å². The van der Waals surface area contributed by atoms with Gasteiger partial charge in [-0.2, -0.15) is 0 Å². The van der Waals surface area contributed by atoms with Crippen LogP contribution in [0.15, 0.2) is 6.07 Å². The molecule has 0 amide bonds. The summed E-state index contributed by atoms with van der Waals surface area (Å²) in [4.78, 5) is 0. The van der Waals surface area contributed by atoms with Crippen LogP contribution in [0.1, 0.15) is 11.4 Å². The van der Waals surface area contributed by atoms with E-state index in [1.165, 1.54) is 11.4 Å². The van der Waals surface area contributed by atoms with Gasteiger partial charge in [0.1, 0.15) is 11.4 Å². The molecule has 0 atom stereocenters. The third-order valence-electron chi connectivity index (χ3n) is 2.05. The summed E-state index contributed by atoms with van der Waals surface area (Å²) in [6.07, 6.45) is 0. The van der Waals surface area contributed by atoms with Crippen LogP contribution in [0.5, 0.6) is 0 Å². The summed E-state index contributed by atoms with van der Waals surface area (Å²) >= 11 is 5.20. The molecule has 0 aromatic carbocycles. The lowest BCUT2D eigenvalue weighted by Gasteiger charge is -2.02. The topological polar surface area (TPSA) is 8.81 Å². The highest BCUT2D eigenvalue weighted by atomic mass is 35.5. The Hall–Kier alpha value is -0.410. The molecule has 1 aromatic heterocycles. The number of hydrogen-bond acceptors (Lipinski definition) is 1. The molecule has 2 nitrogen and oxygen atoms in total. The Bertz CT molecular complexity index is 314. The Morgan fingerprint density at radius 3 is 2.42 bits per heavy atom. The van der Waals surface area contributed by atoms with Crippen molar-refractivity contribution >= 4 is 12.2 Å². The molecule has 68 valence electrons. The highest BCUT2D eigenvalue weighted by Gasteiger charge is 2.05. The van der Waals surface area contributed by atoms with Gasteiger partial charge in [0.2, 0.25) is 0 Å². The molecule has 1 aromatic rings. The molecule has 0 radical (unpaired) electrons. The molecule has 1 heterocycles. The Labute approximate surface area is 84.3 Å². The molecule has 0 aliphatic carbocycles. The fourth-order valence-corrected chi connectivity index (χ4v) is 1.31. The highest BCUT2D eigenvalue weighted by molar-refractivity contribution is 7.71. The zero-order chi connectivity index (χ0) is 8.59. The first-order chi connectivity index (χ1) is 5.04. The maximum absolute atomic E-state index is 5.20. The molecular formula is C8H13ClN2S. The predicted octanol–water partition coefficient (Wildman–Crippen LogP) is -1.80. The SMILES string of the molecule is Cc1cc(C)[n+](C)c(=S)n1C.[Cl-]. The molecule has 0 spiro atoms. The van der Waals surface area contributed by atoms with Crippen molar-refractivity contribution in [1.82, 2.24) is 4.57 Å². The normalized spacial score (nSPS) is 9.33. The van der Waals surface area contributed by atoms with Crippen LogP contribution in [-0.2, 0) is 14.1 Å². The van der Waals surface area contributed by atoms with E-state index in [-0.39, 0.29) is 12.4 Å². The van der Waals surface area contributed by atoms with Crippen LogP contribution < -0.4 is 17.0 Å². The Morgan fingerprint density at radius 1 is 1.42 bits per heavy atom. The van der Waals surface area contributed by atoms with Gasteiger partial charge in [-0.15, -0.1) is 0 Å². The average molecular weight is 205 g/mol. The summed E-state index contributed by atoms with van der Waals surface area (Å²) in [5.74, 6) is 0. The molecule has 0 unspecified atom stereocenters. The van der Waals surface area contributed by atoms with E-state index in [1.54, 1.807) is 0 Å². The molecule has 0 N–H and O–H groups in total. The summed E-state index contributed by atoms with van der Waals surface area (Å²) < 4.78 is 4.87. The van der Waals surface area contributed by atoms with E-state index in [4.69, 9.17) is 12.2 Å². The standard InChI is InChI=1S/C8H13N2S.ClH/c1-6-5-7(2)10(4)8(11)9(6)3;/h5H,1-4H3;1H/q+1;/p-1. The van der Waals surface area contributed by atoms with E-state index in [0.29, 0.717) is 0 Å². The van der Waals surface area contributed by atoms with Crippen LogP contribution in [0, 0.1) is 18.6 Å². The molecular weight excluding hydrogens is 192 g/mol. The van der Waals surface area contributed by atoms with E-state index >= 15 is 0 Å². The summed E-state index contributed by atoms with van der Waals surface area (Å²) in [6.45, 7) is 4.12. The van der Waals surface area contributed by atoms with Gasteiger partial charge in [0.25, 0.3) is 0 Å². The van der Waals surface area contributed by atoms with Crippen LogP contribution in [0.4, 0.5) is 0 Å². The minimum atomic E-state index is 0. The van der Waals surface area contributed by atoms with Crippen LogP contribution in [0.3, 0.4) is 0 Å². The third-order valence-corrected chi connectivity index (χ3v) is 2.60. The van der Waals surface area contributed by atoms with Gasteiger partial charge in [0.15, 0.2) is 0 Å². The van der Waals surface area contributed by atoms with Gasteiger partial charge in [0.05, 0.1) is 14.1 Å². The summed E-state index contributed by atoms with van der Waals surface area (Å²) in [5.41, 5.74) is 2.40. The maximum atomic E-state index is 5.20. The molecule has 0 bridgehead atoms. The van der Waals surface area contributed by atoms with Crippen molar-refractivity contribution in [2.45, 2.75) is 13.8 Å². The van der Waals surface area contributed by atoms with Gasteiger partial charge in [-0.3, -0.25) is 0 Å². The number of rotatable bonds is 0. The minimum Gasteiger partial charge on any atom is -1.00 e. The first-order valence-electron chi connectivity index (χ1n) is 3.57. The number of halogens is 1. The summed E-state index contributed by atoms with van der Waals surface area (Å²) in [7, 11) is 3.97. The Kier molecular flexibility index (Phi) is 3.87. The molecule has 0 fully saturated rings. The van der Waals surface area contributed by atoms with Gasteiger partial charge in [-0.1, -0.05) is 0 Å². The quantitative estimate of drug-likeness (QED) is 0.358. The van der Waals surface area contributed by atoms with E-state index in [0.717, 1.165) is 4.77 Å². The van der Waals surface area contributed by atoms with Crippen LogP contribution >= 0.6 is 12.2 Å². The molecule has 1 rings (SSSR count). The van der Waals surface area contributed by atoms with Crippen LogP contribution in [-0.4, -0.2) is 4.57 Å². The van der Waals surface area contributed by atoms with E-state index in [1.807, 2.05) is 23.2 Å². The van der Waals surface area contributed by atoms with Gasteiger partial charge in [-0.05, 0) is 13.8 Å². The van der Waals surface area contributed by atoms with E-state index in [9.17, 15) is 0 Å². The first kappa shape index (κ1) is 11.6. The lowest BCUT2D eigenvalue weighted by molar-refractivity contribution is -0.689. The fraction of sp³-hybridized carbons (Fsp3) is 0.500. The van der Waals surface area contributed by atoms with Crippen molar-refractivity contribution in [3.05, 3.63) is 22.2 Å². The molecule has 12 heavy (non-hydrogen) atoms. The second-order valence-electron chi connectivity index (χ2n) is 2.83. The lowest BCUT2D eigenvalue weighted by Crippen LogP contribution is -3.00. The maximum Gasteiger partial charge on any atom is 0.350 e. The number of nitrogens with zero attached hydrogens (tertiary/aromatic N) is 2. The molecule has 0 saturated heterocycles. The smallest absolute Gasteiger partial charge is 0.350 e. The monoisotopic (exact) mass is 204 g/mol. The van der Waals surface area contributed by atoms with Crippen molar-refractivity contribution in [3.63, 3.8) is 0 Å². The number of aromatic nitrogens is 2. The van der Waals surface area contributed by atoms with Gasteiger partial charge < -0.3 is 12.4 Å². The second-order valence-corrected chi connectivity index (χ2v) is 3.19. The fourth-order valence-electron chi connectivity index (χ4n) is 1.02. The van der Waals surface area contributed by atoms with Crippen molar-refractivity contribution in [2.24, 2.45) is 14.1 Å². The lowest BCUT2D eigenvalue weighted by atomic mass is 10.3. The predicted molar refractivity (Wildman–Crippen MR) is 46.9 cm³/mol.